The third-order valence-electron chi connectivity index (χ3n) is 2.96. The van der Waals surface area contributed by atoms with E-state index < -0.39 is 10.0 Å². The van der Waals surface area contributed by atoms with Gasteiger partial charge in [-0.1, -0.05) is 24.3 Å². The molecule has 0 aliphatic heterocycles. The highest BCUT2D eigenvalue weighted by Gasteiger charge is 2.16. The first kappa shape index (κ1) is 15.2. The summed E-state index contributed by atoms with van der Waals surface area (Å²) in [5.74, 6) is -0.0623. The highest BCUT2D eigenvalue weighted by atomic mass is 32.2. The van der Waals surface area contributed by atoms with Crippen molar-refractivity contribution in [3.8, 4) is 0 Å². The van der Waals surface area contributed by atoms with Gasteiger partial charge >= 0.3 is 0 Å². The summed E-state index contributed by atoms with van der Waals surface area (Å²) in [5, 5.41) is 12.8. The monoisotopic (exact) mass is 311 g/mol. The minimum Gasteiger partial charge on any atom is -0.392 e. The van der Waals surface area contributed by atoms with Crippen molar-refractivity contribution in [1.82, 2.24) is 4.72 Å². The molecule has 0 aliphatic carbocycles. The average Bonchev–Trinajstić information content (AvgIpc) is 2.92. The molecule has 0 saturated heterocycles. The van der Waals surface area contributed by atoms with Crippen LogP contribution in [0, 0.1) is 0 Å². The lowest BCUT2D eigenvalue weighted by molar-refractivity contribution is 0.282. The number of hydrogen-bond donors (Lipinski definition) is 2. The Morgan fingerprint density at radius 2 is 1.85 bits per heavy atom. The molecule has 0 amide bonds. The fourth-order valence-corrected chi connectivity index (χ4v) is 4.00. The number of nitrogens with one attached hydrogen (secondary N) is 1. The van der Waals surface area contributed by atoms with Crippen molar-refractivity contribution in [1.29, 1.82) is 0 Å². The Bertz CT molecular complexity index is 634. The van der Waals surface area contributed by atoms with E-state index in [1.165, 1.54) is 0 Å². The Balaban J connectivity index is 2.03. The summed E-state index contributed by atoms with van der Waals surface area (Å²) in [7, 11) is -3.39. The van der Waals surface area contributed by atoms with E-state index in [1.807, 2.05) is 23.8 Å². The lowest BCUT2D eigenvalue weighted by atomic mass is 10.2. The largest absolute Gasteiger partial charge is 0.392 e. The summed E-state index contributed by atoms with van der Waals surface area (Å²) in [6.45, 7) is 1.79. The van der Waals surface area contributed by atoms with Crippen molar-refractivity contribution in [3.05, 3.63) is 57.8 Å². The third kappa shape index (κ3) is 4.14. The molecule has 6 heteroatoms. The van der Waals surface area contributed by atoms with E-state index in [4.69, 9.17) is 5.11 Å². The quantitative estimate of drug-likeness (QED) is 0.861. The summed E-state index contributed by atoms with van der Waals surface area (Å²) < 4.78 is 26.9. The van der Waals surface area contributed by atoms with E-state index >= 15 is 0 Å². The normalized spacial score (nSPS) is 13.3. The smallest absolute Gasteiger partial charge is 0.216 e. The van der Waals surface area contributed by atoms with Crippen molar-refractivity contribution < 1.29 is 13.5 Å². The molecular formula is C14H17NO3S2. The SMILES string of the molecule is CC(NS(=O)(=O)Cc1ccc(CO)cc1)c1ccsc1. The van der Waals surface area contributed by atoms with Gasteiger partial charge in [0.25, 0.3) is 0 Å². The Kier molecular flexibility index (Phi) is 4.93. The molecule has 0 fully saturated rings. The van der Waals surface area contributed by atoms with E-state index in [0.717, 1.165) is 11.1 Å². The van der Waals surface area contributed by atoms with Crippen molar-refractivity contribution in [2.45, 2.75) is 25.3 Å². The standard InChI is InChI=1S/C14H17NO3S2/c1-11(14-6-7-19-9-14)15-20(17,18)10-13-4-2-12(8-16)3-5-13/h2-7,9,11,15-16H,8,10H2,1H3. The zero-order valence-electron chi connectivity index (χ0n) is 11.1. The summed E-state index contributed by atoms with van der Waals surface area (Å²) >= 11 is 1.54. The summed E-state index contributed by atoms with van der Waals surface area (Å²) in [4.78, 5) is 0. The molecule has 20 heavy (non-hydrogen) atoms. The van der Waals surface area contributed by atoms with Gasteiger partial charge in [-0.2, -0.15) is 11.3 Å². The number of aliphatic hydroxyl groups excluding tert-OH is 1. The second-order valence-corrected chi connectivity index (χ2v) is 7.16. The van der Waals surface area contributed by atoms with Crippen molar-refractivity contribution in [3.63, 3.8) is 0 Å². The molecule has 1 heterocycles. The van der Waals surface area contributed by atoms with Crippen molar-refractivity contribution in [2.24, 2.45) is 0 Å². The molecule has 0 saturated carbocycles. The summed E-state index contributed by atoms with van der Waals surface area (Å²) in [5.41, 5.74) is 2.44. The lowest BCUT2D eigenvalue weighted by Gasteiger charge is -2.13. The molecule has 0 radical (unpaired) electrons. The fraction of sp³-hybridized carbons (Fsp3) is 0.286. The van der Waals surface area contributed by atoms with Crippen molar-refractivity contribution >= 4 is 21.4 Å². The van der Waals surface area contributed by atoms with E-state index in [-0.39, 0.29) is 18.4 Å². The molecule has 1 aromatic heterocycles. The van der Waals surface area contributed by atoms with Crippen LogP contribution in [-0.2, 0) is 22.4 Å². The van der Waals surface area contributed by atoms with E-state index in [2.05, 4.69) is 4.72 Å². The van der Waals surface area contributed by atoms with Crippen LogP contribution in [0.3, 0.4) is 0 Å². The third-order valence-corrected chi connectivity index (χ3v) is 5.09. The van der Waals surface area contributed by atoms with Gasteiger partial charge < -0.3 is 5.11 Å². The second kappa shape index (κ2) is 6.49. The fourth-order valence-electron chi connectivity index (χ4n) is 1.86. The van der Waals surface area contributed by atoms with E-state index in [9.17, 15) is 8.42 Å². The van der Waals surface area contributed by atoms with E-state index in [1.54, 1.807) is 35.6 Å². The van der Waals surface area contributed by atoms with Gasteiger partial charge in [-0.15, -0.1) is 0 Å². The zero-order chi connectivity index (χ0) is 14.6. The number of aliphatic hydroxyl groups is 1. The molecule has 4 nitrogen and oxygen atoms in total. The first-order valence-corrected chi connectivity index (χ1v) is 8.80. The molecule has 0 aliphatic rings. The first-order valence-electron chi connectivity index (χ1n) is 6.21. The summed E-state index contributed by atoms with van der Waals surface area (Å²) in [6.07, 6.45) is 0. The van der Waals surface area contributed by atoms with Gasteiger partial charge in [-0.25, -0.2) is 13.1 Å². The maximum atomic E-state index is 12.1. The molecule has 1 atom stereocenters. The number of sulfonamides is 1. The molecular weight excluding hydrogens is 294 g/mol. The Morgan fingerprint density at radius 1 is 1.20 bits per heavy atom. The number of hydrogen-bond acceptors (Lipinski definition) is 4. The minimum absolute atomic E-state index is 0.0412. The Labute approximate surface area is 123 Å². The van der Waals surface area contributed by atoms with Crippen LogP contribution in [-0.4, -0.2) is 13.5 Å². The average molecular weight is 311 g/mol. The molecule has 0 bridgehead atoms. The van der Waals surface area contributed by atoms with Gasteiger partial charge in [0.05, 0.1) is 12.4 Å². The predicted molar refractivity (Wildman–Crippen MR) is 80.9 cm³/mol. The van der Waals surface area contributed by atoms with Crippen molar-refractivity contribution in [2.75, 3.05) is 0 Å². The Morgan fingerprint density at radius 3 is 2.40 bits per heavy atom. The number of thiophene rings is 1. The second-order valence-electron chi connectivity index (χ2n) is 4.63. The maximum Gasteiger partial charge on any atom is 0.216 e. The van der Waals surface area contributed by atoms with Crippen LogP contribution in [0.1, 0.15) is 29.7 Å². The van der Waals surface area contributed by atoms with Gasteiger partial charge in [0.1, 0.15) is 0 Å². The molecule has 2 rings (SSSR count). The molecule has 1 unspecified atom stereocenters. The van der Waals surface area contributed by atoms with Crippen LogP contribution in [0.15, 0.2) is 41.1 Å². The van der Waals surface area contributed by atoms with Gasteiger partial charge in [0.2, 0.25) is 10.0 Å². The predicted octanol–water partition coefficient (Wildman–Crippen LogP) is 2.42. The van der Waals surface area contributed by atoms with Crippen LogP contribution in [0.2, 0.25) is 0 Å². The van der Waals surface area contributed by atoms with Crippen LogP contribution in [0.4, 0.5) is 0 Å². The highest BCUT2D eigenvalue weighted by Crippen LogP contribution is 2.17. The topological polar surface area (TPSA) is 66.4 Å². The zero-order valence-corrected chi connectivity index (χ0v) is 12.7. The molecule has 108 valence electrons. The van der Waals surface area contributed by atoms with Crippen LogP contribution < -0.4 is 4.72 Å². The molecule has 1 aromatic carbocycles. The number of rotatable bonds is 6. The maximum absolute atomic E-state index is 12.1. The first-order chi connectivity index (χ1) is 9.50. The molecule has 2 N–H and O–H groups in total. The van der Waals surface area contributed by atoms with Crippen LogP contribution in [0.25, 0.3) is 0 Å². The molecule has 0 spiro atoms. The van der Waals surface area contributed by atoms with Gasteiger partial charge in [0, 0.05) is 6.04 Å². The highest BCUT2D eigenvalue weighted by molar-refractivity contribution is 7.88. The Hall–Kier alpha value is -1.21. The van der Waals surface area contributed by atoms with Crippen LogP contribution >= 0.6 is 11.3 Å². The van der Waals surface area contributed by atoms with Gasteiger partial charge in [-0.3, -0.25) is 0 Å². The van der Waals surface area contributed by atoms with Gasteiger partial charge in [-0.05, 0) is 40.4 Å². The van der Waals surface area contributed by atoms with Crippen LogP contribution in [0.5, 0.6) is 0 Å². The number of benzene rings is 1. The van der Waals surface area contributed by atoms with Gasteiger partial charge in [0.15, 0.2) is 0 Å². The van der Waals surface area contributed by atoms with E-state index in [0.29, 0.717) is 5.56 Å². The minimum atomic E-state index is -3.39. The summed E-state index contributed by atoms with van der Waals surface area (Å²) in [6, 6.07) is 8.58. The lowest BCUT2D eigenvalue weighted by Crippen LogP contribution is -2.27. The molecule has 2 aromatic rings.